The van der Waals surface area contributed by atoms with Crippen LogP contribution in [0, 0.1) is 11.3 Å². The Bertz CT molecular complexity index is 467. The van der Waals surface area contributed by atoms with Gasteiger partial charge in [0.1, 0.15) is 0 Å². The maximum Gasteiger partial charge on any atom is 0.0991 e. The summed E-state index contributed by atoms with van der Waals surface area (Å²) in [6, 6.07) is 8.42. The van der Waals surface area contributed by atoms with Crippen LogP contribution in [-0.4, -0.2) is 19.6 Å². The standard InChI is InChI=1S/C14H17N3/c15-8-11-1-2-13-12(7-11)9-17-10-14(13)3-5-16-6-4-14/h1-2,7,16-17H,3-6,9-10H2. The Labute approximate surface area is 102 Å². The summed E-state index contributed by atoms with van der Waals surface area (Å²) in [4.78, 5) is 0. The van der Waals surface area contributed by atoms with Gasteiger partial charge in [0, 0.05) is 18.5 Å². The van der Waals surface area contributed by atoms with E-state index in [2.05, 4.69) is 22.8 Å². The fraction of sp³-hybridized carbons (Fsp3) is 0.500. The molecule has 1 aromatic carbocycles. The quantitative estimate of drug-likeness (QED) is 0.702. The Morgan fingerprint density at radius 3 is 2.76 bits per heavy atom. The summed E-state index contributed by atoms with van der Waals surface area (Å²) < 4.78 is 0. The molecule has 0 saturated carbocycles. The second-order valence-corrected chi connectivity index (χ2v) is 5.12. The van der Waals surface area contributed by atoms with Crippen LogP contribution < -0.4 is 10.6 Å². The minimum Gasteiger partial charge on any atom is -0.317 e. The Morgan fingerprint density at radius 2 is 2.00 bits per heavy atom. The van der Waals surface area contributed by atoms with Crippen molar-refractivity contribution < 1.29 is 0 Å². The molecule has 0 unspecified atom stereocenters. The molecule has 3 rings (SSSR count). The maximum atomic E-state index is 8.96. The zero-order valence-electron chi connectivity index (χ0n) is 9.92. The van der Waals surface area contributed by atoms with E-state index in [1.165, 1.54) is 24.0 Å². The van der Waals surface area contributed by atoms with Crippen LogP contribution in [0.25, 0.3) is 0 Å². The van der Waals surface area contributed by atoms with E-state index in [1.54, 1.807) is 0 Å². The number of nitrogens with one attached hydrogen (secondary N) is 2. The van der Waals surface area contributed by atoms with Crippen molar-refractivity contribution in [2.45, 2.75) is 24.8 Å². The second kappa shape index (κ2) is 4.14. The zero-order chi connectivity index (χ0) is 11.7. The van der Waals surface area contributed by atoms with Crippen LogP contribution in [0.3, 0.4) is 0 Å². The smallest absolute Gasteiger partial charge is 0.0991 e. The molecule has 88 valence electrons. The lowest BCUT2D eigenvalue weighted by Gasteiger charge is -2.42. The third kappa shape index (κ3) is 1.74. The van der Waals surface area contributed by atoms with Gasteiger partial charge in [0.05, 0.1) is 11.6 Å². The third-order valence-corrected chi connectivity index (χ3v) is 4.15. The van der Waals surface area contributed by atoms with Crippen molar-refractivity contribution in [2.75, 3.05) is 19.6 Å². The van der Waals surface area contributed by atoms with Gasteiger partial charge in [-0.15, -0.1) is 0 Å². The van der Waals surface area contributed by atoms with Crippen LogP contribution in [0.1, 0.15) is 29.5 Å². The average Bonchev–Trinajstić information content (AvgIpc) is 2.39. The van der Waals surface area contributed by atoms with Gasteiger partial charge in [-0.1, -0.05) is 6.07 Å². The summed E-state index contributed by atoms with van der Waals surface area (Å²) in [5.41, 5.74) is 3.86. The van der Waals surface area contributed by atoms with E-state index < -0.39 is 0 Å². The van der Waals surface area contributed by atoms with E-state index in [0.717, 1.165) is 31.7 Å². The van der Waals surface area contributed by atoms with Gasteiger partial charge >= 0.3 is 0 Å². The number of benzene rings is 1. The third-order valence-electron chi connectivity index (χ3n) is 4.15. The van der Waals surface area contributed by atoms with Crippen LogP contribution in [0.2, 0.25) is 0 Å². The first-order chi connectivity index (χ1) is 8.34. The van der Waals surface area contributed by atoms with Crippen molar-refractivity contribution in [2.24, 2.45) is 0 Å². The van der Waals surface area contributed by atoms with Gasteiger partial charge < -0.3 is 10.6 Å². The predicted octanol–water partition coefficient (Wildman–Crippen LogP) is 1.28. The fourth-order valence-corrected chi connectivity index (χ4v) is 3.21. The van der Waals surface area contributed by atoms with E-state index in [4.69, 9.17) is 5.26 Å². The van der Waals surface area contributed by atoms with Crippen molar-refractivity contribution in [1.82, 2.24) is 10.6 Å². The lowest BCUT2D eigenvalue weighted by Crippen LogP contribution is -2.49. The van der Waals surface area contributed by atoms with Crippen LogP contribution in [0.5, 0.6) is 0 Å². The molecular weight excluding hydrogens is 210 g/mol. The highest BCUT2D eigenvalue weighted by Gasteiger charge is 2.37. The number of hydrogen-bond acceptors (Lipinski definition) is 3. The van der Waals surface area contributed by atoms with Gasteiger partial charge in [0.15, 0.2) is 0 Å². The molecule has 1 spiro atoms. The lowest BCUT2D eigenvalue weighted by atomic mass is 9.69. The Morgan fingerprint density at radius 1 is 1.18 bits per heavy atom. The molecule has 0 bridgehead atoms. The van der Waals surface area contributed by atoms with Crippen LogP contribution in [0.4, 0.5) is 0 Å². The predicted molar refractivity (Wildman–Crippen MR) is 66.6 cm³/mol. The molecule has 0 aliphatic carbocycles. The van der Waals surface area contributed by atoms with Crippen LogP contribution in [-0.2, 0) is 12.0 Å². The van der Waals surface area contributed by atoms with E-state index in [1.807, 2.05) is 12.1 Å². The minimum atomic E-state index is 0.298. The lowest BCUT2D eigenvalue weighted by molar-refractivity contribution is 0.277. The molecule has 17 heavy (non-hydrogen) atoms. The Balaban J connectivity index is 2.05. The molecule has 0 atom stereocenters. The first-order valence-corrected chi connectivity index (χ1v) is 6.29. The van der Waals surface area contributed by atoms with Gasteiger partial charge in [0.25, 0.3) is 0 Å². The molecule has 3 heteroatoms. The number of hydrogen-bond donors (Lipinski definition) is 2. The summed E-state index contributed by atoms with van der Waals surface area (Å²) in [5.74, 6) is 0. The highest BCUT2D eigenvalue weighted by molar-refractivity contribution is 5.44. The summed E-state index contributed by atoms with van der Waals surface area (Å²) in [6.07, 6.45) is 2.39. The molecule has 2 N–H and O–H groups in total. The van der Waals surface area contributed by atoms with Crippen molar-refractivity contribution in [3.05, 3.63) is 34.9 Å². The number of piperidine rings is 1. The monoisotopic (exact) mass is 227 g/mol. The van der Waals surface area contributed by atoms with Crippen molar-refractivity contribution >= 4 is 0 Å². The SMILES string of the molecule is N#Cc1ccc2c(c1)CNCC21CCNCC1. The van der Waals surface area contributed by atoms with Gasteiger partial charge in [-0.3, -0.25) is 0 Å². The molecule has 2 aliphatic heterocycles. The van der Waals surface area contributed by atoms with Crippen LogP contribution >= 0.6 is 0 Å². The molecule has 1 aromatic rings. The highest BCUT2D eigenvalue weighted by atomic mass is 14.9. The molecule has 0 amide bonds. The highest BCUT2D eigenvalue weighted by Crippen LogP contribution is 2.37. The molecule has 1 saturated heterocycles. The van der Waals surface area contributed by atoms with Gasteiger partial charge in [-0.25, -0.2) is 0 Å². The molecule has 1 fully saturated rings. The van der Waals surface area contributed by atoms with Crippen LogP contribution in [0.15, 0.2) is 18.2 Å². The van der Waals surface area contributed by atoms with Crippen molar-refractivity contribution in [1.29, 1.82) is 5.26 Å². The van der Waals surface area contributed by atoms with E-state index >= 15 is 0 Å². The molecule has 3 nitrogen and oxygen atoms in total. The summed E-state index contributed by atoms with van der Waals surface area (Å²) in [5, 5.41) is 15.9. The number of rotatable bonds is 0. The Kier molecular flexibility index (Phi) is 2.62. The summed E-state index contributed by atoms with van der Waals surface area (Å²) >= 11 is 0. The van der Waals surface area contributed by atoms with Crippen molar-refractivity contribution in [3.8, 4) is 6.07 Å². The molecular formula is C14H17N3. The number of nitriles is 1. The fourth-order valence-electron chi connectivity index (χ4n) is 3.21. The normalized spacial score (nSPS) is 21.8. The van der Waals surface area contributed by atoms with Gasteiger partial charge in [-0.2, -0.15) is 5.26 Å². The second-order valence-electron chi connectivity index (χ2n) is 5.12. The van der Waals surface area contributed by atoms with Gasteiger partial charge in [0.2, 0.25) is 0 Å². The zero-order valence-corrected chi connectivity index (χ0v) is 9.92. The number of nitrogens with zero attached hydrogens (tertiary/aromatic N) is 1. The van der Waals surface area contributed by atoms with Gasteiger partial charge in [-0.05, 0) is 49.2 Å². The topological polar surface area (TPSA) is 47.9 Å². The first-order valence-electron chi connectivity index (χ1n) is 6.29. The van der Waals surface area contributed by atoms with E-state index in [0.29, 0.717) is 5.41 Å². The molecule has 2 heterocycles. The Hall–Kier alpha value is -1.37. The van der Waals surface area contributed by atoms with Crippen molar-refractivity contribution in [3.63, 3.8) is 0 Å². The summed E-state index contributed by atoms with van der Waals surface area (Å²) in [6.45, 7) is 4.18. The largest absolute Gasteiger partial charge is 0.317 e. The van der Waals surface area contributed by atoms with E-state index in [-0.39, 0.29) is 0 Å². The molecule has 2 aliphatic rings. The molecule has 0 radical (unpaired) electrons. The maximum absolute atomic E-state index is 8.96. The minimum absolute atomic E-state index is 0.298. The van der Waals surface area contributed by atoms with E-state index in [9.17, 15) is 0 Å². The average molecular weight is 227 g/mol. The molecule has 0 aromatic heterocycles. The first kappa shape index (κ1) is 10.8. The number of fused-ring (bicyclic) bond motifs is 2. The summed E-state index contributed by atoms with van der Waals surface area (Å²) in [7, 11) is 0.